The molecule has 1 aliphatic rings. The smallest absolute Gasteiger partial charge is 0.273 e. The molecule has 1 aromatic heterocycles. The summed E-state index contributed by atoms with van der Waals surface area (Å²) in [4.78, 5) is 39.7. The molecule has 0 bridgehead atoms. The number of benzene rings is 3. The van der Waals surface area contributed by atoms with Crippen LogP contribution < -0.4 is 5.01 Å². The maximum atomic E-state index is 14.2. The van der Waals surface area contributed by atoms with Crippen molar-refractivity contribution in [2.75, 3.05) is 5.01 Å². The third-order valence-corrected chi connectivity index (χ3v) is 7.06. The van der Waals surface area contributed by atoms with Gasteiger partial charge in [0.1, 0.15) is 5.92 Å². The highest BCUT2D eigenvalue weighted by molar-refractivity contribution is 6.27. The van der Waals surface area contributed by atoms with Gasteiger partial charge in [-0.2, -0.15) is 10.1 Å². The van der Waals surface area contributed by atoms with E-state index in [0.29, 0.717) is 28.0 Å². The van der Waals surface area contributed by atoms with Gasteiger partial charge in [0.05, 0.1) is 16.9 Å². The normalized spacial score (nSPS) is 15.6. The molecule has 3 aromatic carbocycles. The number of hydrazone groups is 1. The number of hydrogen-bond donors (Lipinski definition) is 0. The molecule has 0 N–H and O–H groups in total. The Bertz CT molecular complexity index is 1640. The van der Waals surface area contributed by atoms with Crippen LogP contribution in [0.2, 0.25) is 0 Å². The molecule has 8 heteroatoms. The third kappa shape index (κ3) is 4.90. The second kappa shape index (κ2) is 10.0. The van der Waals surface area contributed by atoms with Crippen molar-refractivity contribution < 1.29 is 23.2 Å². The number of fused-ring (bicyclic) bond motifs is 1. The average molecular weight is 528 g/mol. The molecule has 0 spiro atoms. The summed E-state index contributed by atoms with van der Waals surface area (Å²) in [5, 5.41) is 6.33. The molecule has 5 rings (SSSR count). The fourth-order valence-electron chi connectivity index (χ4n) is 4.80. The monoisotopic (exact) mass is 527 g/mol. The van der Waals surface area contributed by atoms with E-state index < -0.39 is 23.5 Å². The van der Waals surface area contributed by atoms with Gasteiger partial charge in [-0.05, 0) is 55.8 Å². The summed E-state index contributed by atoms with van der Waals surface area (Å²) in [6.07, 6.45) is 1.16. The predicted molar refractivity (Wildman–Crippen MR) is 146 cm³/mol. The Morgan fingerprint density at radius 1 is 0.974 bits per heavy atom. The first-order valence-corrected chi connectivity index (χ1v) is 12.7. The van der Waals surface area contributed by atoms with Crippen LogP contribution in [0.5, 0.6) is 0 Å². The first kappa shape index (κ1) is 26.2. The van der Waals surface area contributed by atoms with Gasteiger partial charge < -0.3 is 0 Å². The first-order valence-electron chi connectivity index (χ1n) is 12.7. The minimum atomic E-state index is -2.99. The van der Waals surface area contributed by atoms with Crippen molar-refractivity contribution in [2.24, 2.45) is 11.0 Å². The Kier molecular flexibility index (Phi) is 6.72. The van der Waals surface area contributed by atoms with Crippen molar-refractivity contribution in [2.45, 2.75) is 39.5 Å². The molecule has 198 valence electrons. The molecule has 1 amide bonds. The maximum absolute atomic E-state index is 14.2. The topological polar surface area (TPSA) is 71.7 Å². The average Bonchev–Trinajstić information content (AvgIpc) is 3.48. The number of aromatic nitrogens is 1. The molecule has 4 aromatic rings. The molecule has 1 atom stereocenters. The lowest BCUT2D eigenvalue weighted by molar-refractivity contribution is -0.128. The number of carbonyl (C=O) groups excluding carboxylic acids is 3. The number of carbonyl (C=O) groups is 3. The summed E-state index contributed by atoms with van der Waals surface area (Å²) >= 11 is 0. The van der Waals surface area contributed by atoms with Gasteiger partial charge in [0.25, 0.3) is 17.7 Å². The summed E-state index contributed by atoms with van der Waals surface area (Å²) in [6.45, 7) is 4.95. The number of rotatable bonds is 7. The van der Waals surface area contributed by atoms with Gasteiger partial charge in [-0.1, -0.05) is 48.9 Å². The SMILES string of the molecule is CCC(F)(F)c1cccc(CC(=O)C2C(=O)N(c3ccc4ccn(C(=O)c5ccc(C)cc5)c4c3)N=C2C)c1. The Hall–Kier alpha value is -4.46. The molecule has 6 nitrogen and oxygen atoms in total. The van der Waals surface area contributed by atoms with E-state index in [-0.39, 0.29) is 24.3 Å². The van der Waals surface area contributed by atoms with Crippen LogP contribution >= 0.6 is 0 Å². The van der Waals surface area contributed by atoms with Gasteiger partial charge in [0, 0.05) is 35.6 Å². The molecular formula is C31H27F2N3O3. The number of alkyl halides is 2. The zero-order valence-electron chi connectivity index (χ0n) is 21.8. The summed E-state index contributed by atoms with van der Waals surface area (Å²) in [6, 6.07) is 20.0. The van der Waals surface area contributed by atoms with Gasteiger partial charge in [-0.3, -0.25) is 19.0 Å². The van der Waals surface area contributed by atoms with Crippen molar-refractivity contribution in [1.29, 1.82) is 0 Å². The van der Waals surface area contributed by atoms with Crippen molar-refractivity contribution in [1.82, 2.24) is 4.57 Å². The highest BCUT2D eigenvalue weighted by Gasteiger charge is 2.39. The quantitative estimate of drug-likeness (QED) is 0.265. The van der Waals surface area contributed by atoms with Crippen molar-refractivity contribution in [3.8, 4) is 0 Å². The van der Waals surface area contributed by atoms with Gasteiger partial charge in [0.2, 0.25) is 0 Å². The fraction of sp³-hybridized carbons (Fsp3) is 0.226. The van der Waals surface area contributed by atoms with E-state index in [4.69, 9.17) is 0 Å². The molecular weight excluding hydrogens is 500 g/mol. The van der Waals surface area contributed by atoms with E-state index in [1.165, 1.54) is 34.7 Å². The lowest BCUT2D eigenvalue weighted by Gasteiger charge is -2.16. The summed E-state index contributed by atoms with van der Waals surface area (Å²) in [5.74, 6) is -5.25. The van der Waals surface area contributed by atoms with Crippen LogP contribution in [-0.4, -0.2) is 27.9 Å². The minimum Gasteiger partial charge on any atom is -0.298 e. The van der Waals surface area contributed by atoms with E-state index in [0.717, 1.165) is 10.9 Å². The molecule has 0 aliphatic carbocycles. The number of anilines is 1. The predicted octanol–water partition coefficient (Wildman–Crippen LogP) is 6.29. The Balaban J connectivity index is 1.39. The molecule has 39 heavy (non-hydrogen) atoms. The van der Waals surface area contributed by atoms with Crippen molar-refractivity contribution in [3.63, 3.8) is 0 Å². The molecule has 0 saturated heterocycles. The van der Waals surface area contributed by atoms with Crippen LogP contribution in [0.1, 0.15) is 47.3 Å². The summed E-state index contributed by atoms with van der Waals surface area (Å²) in [7, 11) is 0. The third-order valence-electron chi connectivity index (χ3n) is 7.06. The van der Waals surface area contributed by atoms with Gasteiger partial charge in [0.15, 0.2) is 5.78 Å². The van der Waals surface area contributed by atoms with E-state index in [2.05, 4.69) is 5.10 Å². The fourth-order valence-corrected chi connectivity index (χ4v) is 4.80. The highest BCUT2D eigenvalue weighted by atomic mass is 19.3. The van der Waals surface area contributed by atoms with Gasteiger partial charge >= 0.3 is 0 Å². The Morgan fingerprint density at radius 2 is 1.72 bits per heavy atom. The lowest BCUT2D eigenvalue weighted by Crippen LogP contribution is -2.33. The van der Waals surface area contributed by atoms with E-state index in [9.17, 15) is 23.2 Å². The second-order valence-electron chi connectivity index (χ2n) is 9.83. The molecule has 1 aliphatic heterocycles. The summed E-state index contributed by atoms with van der Waals surface area (Å²) < 4.78 is 29.8. The van der Waals surface area contributed by atoms with Crippen molar-refractivity contribution >= 4 is 39.9 Å². The van der Waals surface area contributed by atoms with Crippen molar-refractivity contribution in [3.05, 3.63) is 101 Å². The second-order valence-corrected chi connectivity index (χ2v) is 9.83. The van der Waals surface area contributed by atoms with Crippen LogP contribution in [0, 0.1) is 12.8 Å². The van der Waals surface area contributed by atoms with Gasteiger partial charge in [-0.25, -0.2) is 8.78 Å². The molecule has 0 fully saturated rings. The van der Waals surface area contributed by atoms with Crippen LogP contribution in [0.4, 0.5) is 14.5 Å². The number of Topliss-reactive ketones (excluding diaryl/α,β-unsaturated/α-hetero) is 1. The zero-order chi connectivity index (χ0) is 27.9. The maximum Gasteiger partial charge on any atom is 0.273 e. The van der Waals surface area contributed by atoms with Crippen LogP contribution in [0.15, 0.2) is 84.1 Å². The van der Waals surface area contributed by atoms with E-state index in [1.807, 2.05) is 25.1 Å². The molecule has 1 unspecified atom stereocenters. The van der Waals surface area contributed by atoms with Crippen LogP contribution in [0.3, 0.4) is 0 Å². The number of aryl methyl sites for hydroxylation is 1. The number of ketones is 1. The summed E-state index contributed by atoms with van der Waals surface area (Å²) in [5.41, 5.74) is 3.18. The zero-order valence-corrected chi connectivity index (χ0v) is 21.8. The number of amides is 1. The molecule has 0 saturated carbocycles. The van der Waals surface area contributed by atoms with Crippen LogP contribution in [-0.2, 0) is 21.9 Å². The van der Waals surface area contributed by atoms with Crippen LogP contribution in [0.25, 0.3) is 10.9 Å². The van der Waals surface area contributed by atoms with E-state index >= 15 is 0 Å². The van der Waals surface area contributed by atoms with Gasteiger partial charge in [-0.15, -0.1) is 0 Å². The first-order chi connectivity index (χ1) is 18.6. The number of halogens is 2. The molecule has 2 heterocycles. The molecule has 0 radical (unpaired) electrons. The Morgan fingerprint density at radius 3 is 2.44 bits per heavy atom. The minimum absolute atomic E-state index is 0.156. The lowest BCUT2D eigenvalue weighted by atomic mass is 9.92. The number of nitrogens with zero attached hydrogens (tertiary/aromatic N) is 3. The largest absolute Gasteiger partial charge is 0.298 e. The Labute approximate surface area is 224 Å². The highest BCUT2D eigenvalue weighted by Crippen LogP contribution is 2.33. The standard InChI is InChI=1S/C31H27F2N3O3/c1-4-31(32,33)24-7-5-6-21(16-24)17-27(37)28-20(3)34-36(30(28)39)25-13-12-22-14-15-35(26(22)18-25)29(38)23-10-8-19(2)9-11-23/h5-16,18,28H,4,17H2,1-3H3. The number of hydrogen-bond acceptors (Lipinski definition) is 4. The van der Waals surface area contributed by atoms with E-state index in [1.54, 1.807) is 49.5 Å².